The van der Waals surface area contributed by atoms with Crippen molar-refractivity contribution in [2.24, 2.45) is 0 Å². The maximum absolute atomic E-state index is 12.9. The molecule has 0 heterocycles. The second-order valence-electron chi connectivity index (χ2n) is 6.27. The van der Waals surface area contributed by atoms with E-state index in [0.29, 0.717) is 12.2 Å². The maximum atomic E-state index is 12.9. The normalized spacial score (nSPS) is 15.4. The van der Waals surface area contributed by atoms with E-state index < -0.39 is 10.0 Å². The van der Waals surface area contributed by atoms with Crippen molar-refractivity contribution >= 4 is 10.0 Å². The van der Waals surface area contributed by atoms with Crippen LogP contribution in [0.2, 0.25) is 0 Å². The van der Waals surface area contributed by atoms with E-state index in [9.17, 15) is 12.8 Å². The Morgan fingerprint density at radius 1 is 1.00 bits per heavy atom. The number of nitrogens with one attached hydrogen (secondary N) is 1. The van der Waals surface area contributed by atoms with E-state index in [2.05, 4.69) is 4.72 Å². The Bertz CT molecular complexity index is 782. The molecule has 0 saturated heterocycles. The van der Waals surface area contributed by atoms with Crippen LogP contribution < -0.4 is 9.46 Å². The van der Waals surface area contributed by atoms with Crippen molar-refractivity contribution in [3.05, 3.63) is 59.9 Å². The van der Waals surface area contributed by atoms with Gasteiger partial charge in [-0.1, -0.05) is 12.1 Å². The third-order valence-electron chi connectivity index (χ3n) is 4.36. The number of hydrogen-bond donors (Lipinski definition) is 1. The standard InChI is InChI=1S/C19H22FNO3S/c20-16-7-5-15(6-8-16)13-14-21-25(22,23)19-11-9-18(10-12-19)24-17-3-1-2-4-17/h5-12,17,21H,1-4,13-14H2. The third kappa shape index (κ3) is 5.03. The number of rotatable bonds is 7. The van der Waals surface area contributed by atoms with Gasteiger partial charge in [0, 0.05) is 6.54 Å². The summed E-state index contributed by atoms with van der Waals surface area (Å²) in [5, 5.41) is 0. The first-order chi connectivity index (χ1) is 12.0. The molecule has 2 aromatic rings. The quantitative estimate of drug-likeness (QED) is 0.817. The minimum atomic E-state index is -3.56. The largest absolute Gasteiger partial charge is 0.490 e. The van der Waals surface area contributed by atoms with E-state index in [1.807, 2.05) is 0 Å². The van der Waals surface area contributed by atoms with E-state index in [-0.39, 0.29) is 23.4 Å². The lowest BCUT2D eigenvalue weighted by Gasteiger charge is -2.13. The zero-order chi connectivity index (χ0) is 17.7. The van der Waals surface area contributed by atoms with E-state index in [0.717, 1.165) is 18.4 Å². The molecule has 6 heteroatoms. The summed E-state index contributed by atoms with van der Waals surface area (Å²) >= 11 is 0. The summed E-state index contributed by atoms with van der Waals surface area (Å²) in [7, 11) is -3.56. The van der Waals surface area contributed by atoms with E-state index in [1.165, 1.54) is 25.0 Å². The Morgan fingerprint density at radius 3 is 2.28 bits per heavy atom. The molecule has 3 rings (SSSR count). The molecule has 0 radical (unpaired) electrons. The Balaban J connectivity index is 1.54. The second kappa shape index (κ2) is 7.97. The second-order valence-corrected chi connectivity index (χ2v) is 8.04. The average molecular weight is 363 g/mol. The van der Waals surface area contributed by atoms with Crippen molar-refractivity contribution < 1.29 is 17.5 Å². The van der Waals surface area contributed by atoms with Gasteiger partial charge in [0.2, 0.25) is 10.0 Å². The molecule has 0 atom stereocenters. The molecule has 4 nitrogen and oxygen atoms in total. The van der Waals surface area contributed by atoms with Gasteiger partial charge in [0.1, 0.15) is 11.6 Å². The van der Waals surface area contributed by atoms with Gasteiger partial charge < -0.3 is 4.74 Å². The highest BCUT2D eigenvalue weighted by Gasteiger charge is 2.17. The molecule has 1 N–H and O–H groups in total. The van der Waals surface area contributed by atoms with Crippen molar-refractivity contribution in [2.45, 2.75) is 43.1 Å². The number of halogens is 1. The minimum absolute atomic E-state index is 0.213. The summed E-state index contributed by atoms with van der Waals surface area (Å²) in [5.41, 5.74) is 0.879. The van der Waals surface area contributed by atoms with Crippen molar-refractivity contribution in [3.63, 3.8) is 0 Å². The summed E-state index contributed by atoms with van der Waals surface area (Å²) in [6.45, 7) is 0.258. The van der Waals surface area contributed by atoms with Crippen LogP contribution in [0.5, 0.6) is 5.75 Å². The number of benzene rings is 2. The summed E-state index contributed by atoms with van der Waals surface area (Å²) in [5.74, 6) is 0.404. The molecular formula is C19H22FNO3S. The molecule has 1 fully saturated rings. The predicted octanol–water partition coefficient (Wildman–Crippen LogP) is 3.67. The van der Waals surface area contributed by atoms with Crippen molar-refractivity contribution in [3.8, 4) is 5.75 Å². The minimum Gasteiger partial charge on any atom is -0.490 e. The highest BCUT2D eigenvalue weighted by molar-refractivity contribution is 7.89. The van der Waals surface area contributed by atoms with Crippen LogP contribution in [0.25, 0.3) is 0 Å². The van der Waals surface area contributed by atoms with Crippen LogP contribution in [-0.2, 0) is 16.4 Å². The Labute approximate surface area is 148 Å². The summed E-state index contributed by atoms with van der Waals surface area (Å²) < 4.78 is 45.9. The summed E-state index contributed by atoms with van der Waals surface area (Å²) in [6.07, 6.45) is 5.25. The molecule has 1 aliphatic rings. The van der Waals surface area contributed by atoms with E-state index >= 15 is 0 Å². The molecule has 134 valence electrons. The Hall–Kier alpha value is -1.92. The van der Waals surface area contributed by atoms with Crippen LogP contribution in [0.3, 0.4) is 0 Å². The summed E-state index contributed by atoms with van der Waals surface area (Å²) in [6, 6.07) is 12.6. The van der Waals surface area contributed by atoms with Gasteiger partial charge in [-0.15, -0.1) is 0 Å². The van der Waals surface area contributed by atoms with Gasteiger partial charge in [-0.05, 0) is 74.1 Å². The van der Waals surface area contributed by atoms with Crippen LogP contribution in [0.4, 0.5) is 4.39 Å². The van der Waals surface area contributed by atoms with Crippen LogP contribution in [0.1, 0.15) is 31.2 Å². The van der Waals surface area contributed by atoms with Gasteiger partial charge in [-0.3, -0.25) is 0 Å². The zero-order valence-electron chi connectivity index (χ0n) is 13.9. The highest BCUT2D eigenvalue weighted by Crippen LogP contribution is 2.24. The molecule has 1 aliphatic carbocycles. The topological polar surface area (TPSA) is 55.4 Å². The fraction of sp³-hybridized carbons (Fsp3) is 0.368. The number of ether oxygens (including phenoxy) is 1. The SMILES string of the molecule is O=S(=O)(NCCc1ccc(F)cc1)c1ccc(OC2CCCC2)cc1. The lowest BCUT2D eigenvalue weighted by molar-refractivity contribution is 0.210. The number of sulfonamides is 1. The fourth-order valence-electron chi connectivity index (χ4n) is 2.96. The van der Waals surface area contributed by atoms with Crippen LogP contribution in [0, 0.1) is 5.82 Å². The Kier molecular flexibility index (Phi) is 5.71. The monoisotopic (exact) mass is 363 g/mol. The lowest BCUT2D eigenvalue weighted by atomic mass is 10.1. The van der Waals surface area contributed by atoms with Crippen LogP contribution >= 0.6 is 0 Å². The molecular weight excluding hydrogens is 341 g/mol. The highest BCUT2D eigenvalue weighted by atomic mass is 32.2. The Morgan fingerprint density at radius 2 is 1.64 bits per heavy atom. The molecule has 25 heavy (non-hydrogen) atoms. The zero-order valence-corrected chi connectivity index (χ0v) is 14.8. The first-order valence-electron chi connectivity index (χ1n) is 8.54. The molecule has 2 aromatic carbocycles. The van der Waals surface area contributed by atoms with Gasteiger partial charge in [0.25, 0.3) is 0 Å². The average Bonchev–Trinajstić information content (AvgIpc) is 3.10. The van der Waals surface area contributed by atoms with E-state index in [4.69, 9.17) is 4.74 Å². The molecule has 0 aromatic heterocycles. The first-order valence-corrected chi connectivity index (χ1v) is 10.0. The fourth-order valence-corrected chi connectivity index (χ4v) is 3.99. The lowest BCUT2D eigenvalue weighted by Crippen LogP contribution is -2.26. The first kappa shape index (κ1) is 17.9. The maximum Gasteiger partial charge on any atom is 0.240 e. The molecule has 0 aliphatic heterocycles. The van der Waals surface area contributed by atoms with Crippen LogP contribution in [-0.4, -0.2) is 21.1 Å². The van der Waals surface area contributed by atoms with Crippen molar-refractivity contribution in [2.75, 3.05) is 6.54 Å². The van der Waals surface area contributed by atoms with Gasteiger partial charge in [-0.25, -0.2) is 17.5 Å². The number of hydrogen-bond acceptors (Lipinski definition) is 3. The van der Waals surface area contributed by atoms with Crippen molar-refractivity contribution in [1.29, 1.82) is 0 Å². The van der Waals surface area contributed by atoms with Gasteiger partial charge in [0.05, 0.1) is 11.0 Å². The molecule has 1 saturated carbocycles. The molecule has 0 bridgehead atoms. The smallest absolute Gasteiger partial charge is 0.240 e. The molecule has 0 unspecified atom stereocenters. The molecule has 0 spiro atoms. The molecule has 0 amide bonds. The van der Waals surface area contributed by atoms with E-state index in [1.54, 1.807) is 36.4 Å². The van der Waals surface area contributed by atoms with Gasteiger partial charge >= 0.3 is 0 Å². The van der Waals surface area contributed by atoms with Gasteiger partial charge in [0.15, 0.2) is 0 Å². The van der Waals surface area contributed by atoms with Crippen molar-refractivity contribution in [1.82, 2.24) is 4.72 Å². The van der Waals surface area contributed by atoms with Crippen LogP contribution in [0.15, 0.2) is 53.4 Å². The summed E-state index contributed by atoms with van der Waals surface area (Å²) in [4.78, 5) is 0.213. The van der Waals surface area contributed by atoms with Gasteiger partial charge in [-0.2, -0.15) is 0 Å². The predicted molar refractivity (Wildman–Crippen MR) is 94.6 cm³/mol. The third-order valence-corrected chi connectivity index (χ3v) is 5.83.